The summed E-state index contributed by atoms with van der Waals surface area (Å²) in [6.45, 7) is 2.30. The first-order valence-electron chi connectivity index (χ1n) is 39.9. The summed E-state index contributed by atoms with van der Waals surface area (Å²) in [5.41, 5.74) is 30.8. The minimum atomic E-state index is -1.76. The normalized spacial score (nSPS) is 14.6. The van der Waals surface area contributed by atoms with Crippen molar-refractivity contribution in [1.82, 2.24) is 67.8 Å². The van der Waals surface area contributed by atoms with Crippen LogP contribution in [-0.4, -0.2) is 198 Å². The van der Waals surface area contributed by atoms with Crippen molar-refractivity contribution >= 4 is 120 Å². The van der Waals surface area contributed by atoms with Gasteiger partial charge >= 0.3 is 5.97 Å². The van der Waals surface area contributed by atoms with Crippen molar-refractivity contribution in [3.63, 3.8) is 0 Å². The van der Waals surface area contributed by atoms with Gasteiger partial charge < -0.3 is 111 Å². The number of unbranched alkanes of at least 4 members (excludes halogenated alkanes) is 2. The van der Waals surface area contributed by atoms with Crippen LogP contribution in [0.4, 0.5) is 11.4 Å². The van der Waals surface area contributed by atoms with Crippen molar-refractivity contribution < 1.29 is 73.2 Å². The van der Waals surface area contributed by atoms with E-state index in [-0.39, 0.29) is 45.1 Å². The van der Waals surface area contributed by atoms with Gasteiger partial charge in [-0.1, -0.05) is 103 Å². The van der Waals surface area contributed by atoms with Crippen LogP contribution in [-0.2, 0) is 91.4 Å². The molecule has 10 aromatic rings. The summed E-state index contributed by atoms with van der Waals surface area (Å²) in [6, 6.07) is 28.2. The number of rotatable bonds is 46. The Labute approximate surface area is 690 Å². The number of carboxylic acids is 1. The first kappa shape index (κ1) is 89.5. The predicted octanol–water partition coefficient (Wildman–Crippen LogP) is 3.14. The topological polar surface area (TPSA) is 569 Å². The minimum Gasteiger partial charge on any atom is -0.481 e. The molecule has 9 amide bonds. The van der Waals surface area contributed by atoms with E-state index >= 15 is 0 Å². The molecule has 0 saturated heterocycles. The van der Waals surface area contributed by atoms with Crippen molar-refractivity contribution in [3.8, 4) is 0 Å². The zero-order chi connectivity index (χ0) is 85.9. The molecule has 4 heterocycles. The lowest BCUT2D eigenvalue weighted by Gasteiger charge is -2.28. The molecule has 25 N–H and O–H groups in total. The van der Waals surface area contributed by atoms with Crippen LogP contribution in [0.2, 0.25) is 0 Å². The van der Waals surface area contributed by atoms with Crippen molar-refractivity contribution in [2.45, 2.75) is 176 Å². The molecule has 12 atom stereocenters. The molecule has 0 aliphatic heterocycles. The number of aromatic amines is 4. The number of benzene rings is 6. The van der Waals surface area contributed by atoms with Crippen molar-refractivity contribution in [3.05, 3.63) is 204 Å². The van der Waals surface area contributed by atoms with Crippen molar-refractivity contribution in [2.75, 3.05) is 19.7 Å². The monoisotopic (exact) mass is 1640 g/mol. The highest BCUT2D eigenvalue weighted by Crippen LogP contribution is 2.27. The number of hydrogen-bond donors (Lipinski definition) is 21. The van der Waals surface area contributed by atoms with Crippen LogP contribution >= 0.6 is 0 Å². The maximum Gasteiger partial charge on any atom is 0.303 e. The zero-order valence-electron chi connectivity index (χ0n) is 66.6. The van der Waals surface area contributed by atoms with Gasteiger partial charge in [-0.05, 0) is 147 Å². The maximum absolute atomic E-state index is 14.9. The molecule has 0 aliphatic rings. The third-order valence-electron chi connectivity index (χ3n) is 20.8. The number of ketones is 1. The first-order valence-corrected chi connectivity index (χ1v) is 39.9. The molecule has 634 valence electrons. The van der Waals surface area contributed by atoms with E-state index in [9.17, 15) is 73.2 Å². The zero-order valence-corrected chi connectivity index (χ0v) is 66.6. The van der Waals surface area contributed by atoms with Crippen LogP contribution in [0.25, 0.3) is 43.6 Å². The number of nitrogens with one attached hydrogen (secondary N) is 13. The minimum absolute atomic E-state index is 0.0375. The SMILES string of the molecule is C[C@@H](O)[C@H](NC(=O)[C@H](Cc1c[nH]c2ccccc12)NC(=O)[C@@H](N)CCCCN)C(=O)N[C@@H](Cc1c[nH]c2ccccc12)C(=O)N[C@@H](CCCCN)C(=O)Cc1cccc(N=Nc2cccc(CNC(=O)[C@H](CCC(=O)O)NC(=O)[C@H](Cc3c[nH]c4ccccc34)NC(=O)[C@@H](NC(=O)[C@H](Cc3c[nH]c4ccccc34)NC(=O)[C@@H](N)CO)[C@@H](C)O)c2)c1. The van der Waals surface area contributed by atoms with E-state index in [1.807, 2.05) is 54.6 Å². The van der Waals surface area contributed by atoms with Gasteiger partial charge in [0.2, 0.25) is 53.2 Å². The number of para-hydroxylation sites is 4. The summed E-state index contributed by atoms with van der Waals surface area (Å²) in [6.07, 6.45) is 4.41. The Morgan fingerprint density at radius 3 is 1.15 bits per heavy atom. The van der Waals surface area contributed by atoms with E-state index in [1.165, 1.54) is 13.8 Å². The Morgan fingerprint density at radius 1 is 0.392 bits per heavy atom. The Morgan fingerprint density at radius 2 is 0.750 bits per heavy atom. The van der Waals surface area contributed by atoms with Crippen molar-refractivity contribution in [2.24, 2.45) is 33.2 Å². The molecule has 0 bridgehead atoms. The van der Waals surface area contributed by atoms with Crippen LogP contribution in [0.15, 0.2) is 181 Å². The van der Waals surface area contributed by atoms with Crippen LogP contribution in [0, 0.1) is 0 Å². The van der Waals surface area contributed by atoms with Gasteiger partial charge in [0.25, 0.3) is 0 Å². The van der Waals surface area contributed by atoms with E-state index < -0.39 is 157 Å². The summed E-state index contributed by atoms with van der Waals surface area (Å²) in [5, 5.41) is 77.9. The van der Waals surface area contributed by atoms with E-state index in [4.69, 9.17) is 22.9 Å². The number of aromatic nitrogens is 4. The fourth-order valence-corrected chi connectivity index (χ4v) is 14.1. The highest BCUT2D eigenvalue weighted by Gasteiger charge is 2.38. The number of aliphatic hydroxyl groups is 3. The van der Waals surface area contributed by atoms with Gasteiger partial charge in [-0.15, -0.1) is 0 Å². The number of H-pyrrole nitrogens is 4. The third-order valence-corrected chi connectivity index (χ3v) is 20.8. The highest BCUT2D eigenvalue weighted by atomic mass is 16.4. The van der Waals surface area contributed by atoms with Crippen LogP contribution < -0.4 is 70.8 Å². The molecule has 0 unspecified atom stereocenters. The van der Waals surface area contributed by atoms with Crippen LogP contribution in [0.1, 0.15) is 98.6 Å². The second kappa shape index (κ2) is 43.6. The Kier molecular flexibility index (Phi) is 32.5. The molecule has 0 radical (unpaired) electrons. The first-order chi connectivity index (χ1) is 57.8. The number of aliphatic hydroxyl groups excluding tert-OH is 3. The van der Waals surface area contributed by atoms with E-state index in [1.54, 1.807) is 116 Å². The fraction of sp³-hybridized carbons (Fsp3) is 0.360. The van der Waals surface area contributed by atoms with Gasteiger partial charge in [0.05, 0.1) is 42.3 Å². The molecular formula is C86H105N19O15. The largest absolute Gasteiger partial charge is 0.481 e. The fourth-order valence-electron chi connectivity index (χ4n) is 14.1. The standard InChI is InChI=1S/C86H105N19O15/c1-48(107)76(102-83(117)72(98-78(112)62(89)25-11-13-33-87)40-54-45-93-66-28-9-5-23-60(54)66)85(119)100-70(38-52-43-91-64-26-7-3-21-58(52)64)81(115)96-68(30-12-14-34-88)74(109)37-50-17-15-19-56(35-50)104-105-57-20-16-18-51(36-57)42-95-80(114)69(31-32-75(110)111)97-82(116)71(39-53-44-92-65-27-8-4-22-59(53)65)101-86(120)77(49(2)108)103-84(118)73(99-79(113)63(90)47-106)41-55-46-94-67-29-10-6-24-61(55)67/h3-10,15-24,26-29,35-36,43-46,48-49,62-63,68-73,76-77,91-94,106-108H,11-14,25,30-34,37-42,47,87-90H2,1-2H3,(H,95,114)(H,96,115)(H,97,116)(H,98,112)(H,99,113)(H,100,119)(H,101,120)(H,102,117)(H,103,118)(H,110,111)/t48-,49-,62+,63+,68+,69+,70+,71+,72+,73+,76+,77+/m1/s1. The highest BCUT2D eigenvalue weighted by molar-refractivity contribution is 6.00. The summed E-state index contributed by atoms with van der Waals surface area (Å²) >= 11 is 0. The van der Waals surface area contributed by atoms with E-state index in [2.05, 4.69) is 78.0 Å². The molecule has 120 heavy (non-hydrogen) atoms. The Bertz CT molecular complexity index is 5270. The Balaban J connectivity index is 0.806. The molecule has 10 rings (SSSR count). The number of carbonyl (C=O) groups excluding carboxylic acids is 10. The smallest absolute Gasteiger partial charge is 0.303 e. The van der Waals surface area contributed by atoms with Gasteiger partial charge in [0.1, 0.15) is 48.3 Å². The number of azo groups is 1. The van der Waals surface area contributed by atoms with E-state index in [0.29, 0.717) is 101 Å². The summed E-state index contributed by atoms with van der Waals surface area (Å²) in [5.74, 6) is -9.41. The molecule has 4 aromatic heterocycles. The molecular weight excluding hydrogens is 1540 g/mol. The molecule has 0 spiro atoms. The second-order valence-electron chi connectivity index (χ2n) is 29.9. The lowest BCUT2D eigenvalue weighted by molar-refractivity contribution is -0.138. The molecule has 6 aromatic carbocycles. The summed E-state index contributed by atoms with van der Waals surface area (Å²) in [7, 11) is 0. The number of carbonyl (C=O) groups is 11. The van der Waals surface area contributed by atoms with Gasteiger partial charge in [-0.2, -0.15) is 10.2 Å². The number of nitrogens with zero attached hydrogens (tertiary/aromatic N) is 2. The van der Waals surface area contributed by atoms with Gasteiger partial charge in [0.15, 0.2) is 5.78 Å². The lowest BCUT2D eigenvalue weighted by Crippen LogP contribution is -2.61. The quantitative estimate of drug-likeness (QED) is 0.0192. The maximum atomic E-state index is 14.9. The molecule has 0 saturated carbocycles. The number of fused-ring (bicyclic) bond motifs is 4. The van der Waals surface area contributed by atoms with E-state index in [0.717, 1.165) is 32.7 Å². The van der Waals surface area contributed by atoms with Crippen molar-refractivity contribution in [1.29, 1.82) is 0 Å². The van der Waals surface area contributed by atoms with Crippen LogP contribution in [0.3, 0.4) is 0 Å². The predicted molar refractivity (Wildman–Crippen MR) is 450 cm³/mol. The third kappa shape index (κ3) is 24.9. The van der Waals surface area contributed by atoms with Gasteiger partial charge in [0, 0.05) is 113 Å². The molecule has 34 heteroatoms. The average Bonchev–Trinajstić information content (AvgIpc) is 1.65. The Hall–Kier alpha value is -12.8. The van der Waals surface area contributed by atoms with Gasteiger partial charge in [-0.25, -0.2) is 0 Å². The summed E-state index contributed by atoms with van der Waals surface area (Å²) in [4.78, 5) is 168. The average molecular weight is 1640 g/mol. The number of aliphatic carboxylic acids is 1. The van der Waals surface area contributed by atoms with Gasteiger partial charge in [-0.3, -0.25) is 52.7 Å². The summed E-state index contributed by atoms with van der Waals surface area (Å²) < 4.78 is 0. The molecule has 0 fully saturated rings. The number of hydrogen-bond acceptors (Lipinski definition) is 20. The number of amides is 9. The van der Waals surface area contributed by atoms with Crippen LogP contribution in [0.5, 0.6) is 0 Å². The number of carboxylic acid groups (broad SMARTS) is 1. The number of Topliss-reactive ketones (excluding diaryl/α,β-unsaturated/α-hetero) is 1. The second-order valence-corrected chi connectivity index (χ2v) is 29.9. The molecule has 0 aliphatic carbocycles. The number of nitrogens with two attached hydrogens (primary N) is 4. The lowest BCUT2D eigenvalue weighted by atomic mass is 9.97. The molecule has 34 nitrogen and oxygen atoms in total.